The Hall–Kier alpha value is -5.27. The van der Waals surface area contributed by atoms with Crippen LogP contribution in [0.15, 0.2) is 89.5 Å². The number of carbonyl (C=O) groups excluding carboxylic acids is 1. The molecule has 5 heterocycles. The molecule has 0 bridgehead atoms. The van der Waals surface area contributed by atoms with E-state index < -0.39 is 28.5 Å². The highest BCUT2D eigenvalue weighted by atomic mass is 79.9. The maximum atomic E-state index is 12.6. The summed E-state index contributed by atoms with van der Waals surface area (Å²) < 4.78 is 30.7. The van der Waals surface area contributed by atoms with Crippen molar-refractivity contribution in [1.29, 1.82) is 0 Å². The lowest BCUT2D eigenvalue weighted by molar-refractivity contribution is -0.118. The van der Waals surface area contributed by atoms with Crippen LogP contribution in [0.25, 0.3) is 44.7 Å². The molecule has 0 unspecified atom stereocenters. The minimum absolute atomic E-state index is 0.0479. The first-order valence-electron chi connectivity index (χ1n) is 23.9. The zero-order chi connectivity index (χ0) is 50.2. The summed E-state index contributed by atoms with van der Waals surface area (Å²) in [5, 5.41) is 12.0. The maximum absolute atomic E-state index is 12.6. The molecule has 1 atom stereocenters. The number of primary amides is 1. The first kappa shape index (κ1) is 51.6. The SMILES string of the molecule is CC(C)Oc1cc(-c2cccc([C@H](CCC(N)=O)c3nn(-c4cccc(CO[Si](C)(C)C(C)(C)C)n4)c4cc(Br)cc(OC(C)C)c34)n2)cc2c1cnn2-c1cccc(CO[Si](C)(C)C(C)(C)C)n1. The second-order valence-corrected chi connectivity index (χ2v) is 32.0. The van der Waals surface area contributed by atoms with Crippen molar-refractivity contribution < 1.29 is 23.1 Å². The summed E-state index contributed by atoms with van der Waals surface area (Å²) in [4.78, 5) is 28.2. The van der Waals surface area contributed by atoms with Crippen LogP contribution in [0, 0.1) is 0 Å². The van der Waals surface area contributed by atoms with Crippen LogP contribution in [0.4, 0.5) is 0 Å². The molecule has 2 N–H and O–H groups in total. The first-order chi connectivity index (χ1) is 32.3. The number of nitrogens with zero attached hydrogens (tertiary/aromatic N) is 7. The van der Waals surface area contributed by atoms with Crippen LogP contribution in [-0.4, -0.2) is 69.3 Å². The van der Waals surface area contributed by atoms with E-state index in [4.69, 9.17) is 49.2 Å². The predicted octanol–water partition coefficient (Wildman–Crippen LogP) is 13.0. The van der Waals surface area contributed by atoms with Crippen molar-refractivity contribution in [2.45, 2.75) is 150 Å². The van der Waals surface area contributed by atoms with Gasteiger partial charge in [-0.1, -0.05) is 75.7 Å². The standard InChI is InChI=1S/C53H69BrN8O5Si2/c1-33(2)66-45-27-35(26-43-40(45)30-56-61(43)48-22-15-18-37(57-48)31-64-68(11,12)52(5,6)7)41-20-17-21-42(59-41)39(24-25-47(55)63)51-50-44(28-36(54)29-46(50)67-34(3)4)62(60-51)49-23-16-19-38(58-49)32-65-69(13,14)53(8,9)10/h15-23,26-30,33-34,39H,24-25,31-32H2,1-14H3,(H2,55,63)/t39-/m0/s1. The molecule has 0 saturated carbocycles. The van der Waals surface area contributed by atoms with E-state index >= 15 is 0 Å². The summed E-state index contributed by atoms with van der Waals surface area (Å²) >= 11 is 3.76. The van der Waals surface area contributed by atoms with Crippen molar-refractivity contribution in [3.05, 3.63) is 112 Å². The molecule has 7 rings (SSSR count). The molecule has 7 aromatic rings. The Kier molecular flexibility index (Phi) is 15.1. The molecular weight excluding hydrogens is 965 g/mol. The van der Waals surface area contributed by atoms with Gasteiger partial charge in [-0.3, -0.25) is 9.78 Å². The second kappa shape index (κ2) is 20.2. The Bertz CT molecular complexity index is 2970. The van der Waals surface area contributed by atoms with Gasteiger partial charge in [0.1, 0.15) is 11.5 Å². The van der Waals surface area contributed by atoms with E-state index in [0.717, 1.165) is 43.2 Å². The number of benzene rings is 2. The molecule has 0 radical (unpaired) electrons. The van der Waals surface area contributed by atoms with E-state index in [2.05, 4.69) is 89.7 Å². The molecule has 0 spiro atoms. The van der Waals surface area contributed by atoms with Crippen molar-refractivity contribution in [3.8, 4) is 34.4 Å². The third-order valence-electron chi connectivity index (χ3n) is 13.3. The highest BCUT2D eigenvalue weighted by Crippen LogP contribution is 2.43. The van der Waals surface area contributed by atoms with E-state index in [-0.39, 0.29) is 28.7 Å². The molecule has 0 fully saturated rings. The molecule has 0 saturated heterocycles. The number of nitrogens with two attached hydrogens (primary N) is 1. The minimum atomic E-state index is -2.06. The third-order valence-corrected chi connectivity index (χ3v) is 22.8. The Balaban J connectivity index is 1.35. The van der Waals surface area contributed by atoms with Crippen LogP contribution >= 0.6 is 15.9 Å². The van der Waals surface area contributed by atoms with Crippen LogP contribution in [0.3, 0.4) is 0 Å². The van der Waals surface area contributed by atoms with Gasteiger partial charge in [0.05, 0.1) is 81.9 Å². The number of carbonyl (C=O) groups is 1. The summed E-state index contributed by atoms with van der Waals surface area (Å²) in [5.41, 5.74) is 12.0. The lowest BCUT2D eigenvalue weighted by atomic mass is 9.92. The summed E-state index contributed by atoms with van der Waals surface area (Å²) in [6.45, 7) is 31.2. The van der Waals surface area contributed by atoms with E-state index in [1.54, 1.807) is 0 Å². The first-order valence-corrected chi connectivity index (χ1v) is 30.5. The van der Waals surface area contributed by atoms with Crippen molar-refractivity contribution in [1.82, 2.24) is 34.5 Å². The van der Waals surface area contributed by atoms with E-state index in [1.807, 2.05) is 116 Å². The van der Waals surface area contributed by atoms with Gasteiger partial charge < -0.3 is 24.1 Å². The lowest BCUT2D eigenvalue weighted by Crippen LogP contribution is -2.40. The molecule has 0 aliphatic heterocycles. The smallest absolute Gasteiger partial charge is 0.217 e. The molecule has 69 heavy (non-hydrogen) atoms. The third kappa shape index (κ3) is 11.7. The van der Waals surface area contributed by atoms with Crippen LogP contribution in [0.2, 0.25) is 36.3 Å². The Morgan fingerprint density at radius 1 is 0.710 bits per heavy atom. The molecule has 13 nitrogen and oxygen atoms in total. The molecule has 16 heteroatoms. The zero-order valence-corrected chi connectivity index (χ0v) is 46.4. The number of amides is 1. The number of pyridine rings is 3. The highest BCUT2D eigenvalue weighted by molar-refractivity contribution is 9.10. The van der Waals surface area contributed by atoms with Gasteiger partial charge in [-0.2, -0.15) is 10.2 Å². The van der Waals surface area contributed by atoms with Crippen molar-refractivity contribution in [2.75, 3.05) is 0 Å². The normalized spacial score (nSPS) is 13.2. The Labute approximate surface area is 417 Å². The molecule has 2 aromatic carbocycles. The van der Waals surface area contributed by atoms with Gasteiger partial charge in [-0.25, -0.2) is 19.3 Å². The van der Waals surface area contributed by atoms with E-state index in [1.165, 1.54) is 0 Å². The van der Waals surface area contributed by atoms with Crippen LogP contribution in [0.5, 0.6) is 11.5 Å². The average molecular weight is 1030 g/mol. The molecular formula is C53H69BrN8O5Si2. The van der Waals surface area contributed by atoms with E-state index in [9.17, 15) is 4.79 Å². The molecule has 0 aliphatic rings. The Morgan fingerprint density at radius 3 is 1.84 bits per heavy atom. The number of fused-ring (bicyclic) bond motifs is 2. The number of rotatable bonds is 18. The number of aromatic nitrogens is 7. The average Bonchev–Trinajstić information content (AvgIpc) is 3.87. The topological polar surface area (TPSA) is 154 Å². The van der Waals surface area contributed by atoms with Gasteiger partial charge in [0.25, 0.3) is 0 Å². The largest absolute Gasteiger partial charge is 0.490 e. The molecule has 0 aliphatic carbocycles. The van der Waals surface area contributed by atoms with Crippen LogP contribution in [0.1, 0.15) is 111 Å². The predicted molar refractivity (Wildman–Crippen MR) is 284 cm³/mol. The fourth-order valence-corrected chi connectivity index (χ4v) is 9.84. The Morgan fingerprint density at radius 2 is 1.28 bits per heavy atom. The number of ether oxygens (including phenoxy) is 2. The quantitative estimate of drug-likeness (QED) is 0.0821. The summed E-state index contributed by atoms with van der Waals surface area (Å²) in [6.07, 6.45) is 2.02. The number of hydrogen-bond donors (Lipinski definition) is 1. The summed E-state index contributed by atoms with van der Waals surface area (Å²) in [5.74, 6) is 1.70. The van der Waals surface area contributed by atoms with Crippen molar-refractivity contribution in [2.24, 2.45) is 5.73 Å². The summed E-state index contributed by atoms with van der Waals surface area (Å²) in [7, 11) is -4.07. The number of hydrogen-bond acceptors (Lipinski definition) is 10. The van der Waals surface area contributed by atoms with E-state index in [0.29, 0.717) is 59.9 Å². The van der Waals surface area contributed by atoms with Gasteiger partial charge in [-0.15, -0.1) is 0 Å². The van der Waals surface area contributed by atoms with Gasteiger partial charge in [0, 0.05) is 22.4 Å². The van der Waals surface area contributed by atoms with Gasteiger partial charge in [0.2, 0.25) is 5.91 Å². The monoisotopic (exact) mass is 1030 g/mol. The van der Waals surface area contributed by atoms with Gasteiger partial charge in [0.15, 0.2) is 28.3 Å². The highest BCUT2D eigenvalue weighted by Gasteiger charge is 2.38. The molecule has 366 valence electrons. The lowest BCUT2D eigenvalue weighted by Gasteiger charge is -2.36. The fraction of sp³-hybridized carbons (Fsp3) is 0.434. The fourth-order valence-electron chi connectivity index (χ4n) is 7.54. The second-order valence-electron chi connectivity index (χ2n) is 21.5. The molecule has 1 amide bonds. The number of halogens is 1. The summed E-state index contributed by atoms with van der Waals surface area (Å²) in [6, 6.07) is 25.9. The zero-order valence-electron chi connectivity index (χ0n) is 42.8. The minimum Gasteiger partial charge on any atom is -0.490 e. The van der Waals surface area contributed by atoms with Crippen molar-refractivity contribution >= 4 is 60.3 Å². The van der Waals surface area contributed by atoms with Crippen LogP contribution < -0.4 is 15.2 Å². The van der Waals surface area contributed by atoms with Crippen molar-refractivity contribution in [3.63, 3.8) is 0 Å². The van der Waals surface area contributed by atoms with Crippen LogP contribution in [-0.2, 0) is 26.9 Å². The maximum Gasteiger partial charge on any atom is 0.217 e. The van der Waals surface area contributed by atoms with Gasteiger partial charge in [-0.05, 0) is 131 Å². The molecule has 5 aromatic heterocycles. The van der Waals surface area contributed by atoms with Gasteiger partial charge >= 0.3 is 0 Å².